The lowest BCUT2D eigenvalue weighted by molar-refractivity contribution is 0.0552. The molecule has 2 aromatic rings. The number of halogens is 1. The van der Waals surface area contributed by atoms with Crippen LogP contribution in [0.3, 0.4) is 0 Å². The van der Waals surface area contributed by atoms with Gasteiger partial charge in [0.2, 0.25) is 6.86 Å². The Balaban J connectivity index is 1.60. The van der Waals surface area contributed by atoms with Crippen molar-refractivity contribution in [3.05, 3.63) is 47.0 Å². The molecule has 0 radical (unpaired) electrons. The number of hydrogen-bond donors (Lipinski definition) is 0. The summed E-state index contributed by atoms with van der Waals surface area (Å²) in [5.74, 6) is 1.57. The molecule has 156 valence electrons. The largest absolute Gasteiger partial charge is 0.493 e. The van der Waals surface area contributed by atoms with Crippen LogP contribution in [0.1, 0.15) is 41.3 Å². The maximum absolute atomic E-state index is 13.5. The zero-order valence-electron chi connectivity index (χ0n) is 16.9. The maximum Gasteiger partial charge on any atom is 0.228 e. The minimum atomic E-state index is -1.01. The second-order valence-electron chi connectivity index (χ2n) is 8.00. The highest BCUT2D eigenvalue weighted by molar-refractivity contribution is 6.06. The van der Waals surface area contributed by atoms with Gasteiger partial charge in [0.25, 0.3) is 0 Å². The number of hydrogen-bond acceptors (Lipinski definition) is 6. The highest BCUT2D eigenvalue weighted by atomic mass is 18.2. The molecule has 5 rings (SSSR count). The number of fused-ring (bicyclic) bond motifs is 6. The van der Waals surface area contributed by atoms with Gasteiger partial charge in [0.15, 0.2) is 17.3 Å². The number of ketones is 1. The Labute approximate surface area is 173 Å². The summed E-state index contributed by atoms with van der Waals surface area (Å²) in [7, 11) is 1.46. The van der Waals surface area contributed by atoms with Crippen LogP contribution in [0.25, 0.3) is 6.08 Å². The van der Waals surface area contributed by atoms with E-state index in [4.69, 9.17) is 23.7 Å². The summed E-state index contributed by atoms with van der Waals surface area (Å²) in [4.78, 5) is 13.5. The fourth-order valence-corrected chi connectivity index (χ4v) is 4.21. The Hall–Kier alpha value is -3.22. The number of carbonyl (C=O) groups excluding carboxylic acids is 1. The second kappa shape index (κ2) is 6.65. The van der Waals surface area contributed by atoms with Crippen LogP contribution >= 0.6 is 0 Å². The van der Waals surface area contributed by atoms with E-state index in [1.165, 1.54) is 7.11 Å². The standard InChI is InChI=1S/C23H21FO6/c1-23(2)7-6-12-15(30-23)5-4-13-21(25)20-14-8-18(28-11-24)17(26-3)9-16(14)27-10-19(20)29-22(12)13/h4-9,19-20H,10-11H2,1-3H3/t19-,20+/m1/s1/i24-1. The summed E-state index contributed by atoms with van der Waals surface area (Å²) in [6.45, 7) is 3.12. The molecule has 0 saturated heterocycles. The van der Waals surface area contributed by atoms with Crippen LogP contribution in [0.4, 0.5) is 4.39 Å². The molecule has 0 unspecified atom stereocenters. The van der Waals surface area contributed by atoms with Crippen LogP contribution in [0.15, 0.2) is 30.3 Å². The van der Waals surface area contributed by atoms with Gasteiger partial charge in [-0.2, -0.15) is 0 Å². The Morgan fingerprint density at radius 1 is 1.20 bits per heavy atom. The topological polar surface area (TPSA) is 63.2 Å². The van der Waals surface area contributed by atoms with Gasteiger partial charge in [0, 0.05) is 11.6 Å². The van der Waals surface area contributed by atoms with Crippen molar-refractivity contribution in [1.29, 1.82) is 0 Å². The number of ether oxygens (including phenoxy) is 5. The number of alkyl halides is 1. The zero-order chi connectivity index (χ0) is 21.0. The molecular formula is C23H21FO6. The van der Waals surface area contributed by atoms with Crippen LogP contribution in [0.2, 0.25) is 0 Å². The van der Waals surface area contributed by atoms with Crippen LogP contribution < -0.4 is 23.7 Å². The molecule has 3 aliphatic heterocycles. The summed E-state index contributed by atoms with van der Waals surface area (Å²) in [6.07, 6.45) is 3.36. The number of methoxy groups -OCH3 is 1. The summed E-state index contributed by atoms with van der Waals surface area (Å²) < 4.78 is 41.3. The fraction of sp³-hybridized carbons (Fsp3) is 0.348. The summed E-state index contributed by atoms with van der Waals surface area (Å²) in [6, 6.07) is 6.75. The number of rotatable bonds is 3. The summed E-state index contributed by atoms with van der Waals surface area (Å²) in [5.41, 5.74) is 1.40. The van der Waals surface area contributed by atoms with Gasteiger partial charge in [0.05, 0.1) is 24.2 Å². The lowest BCUT2D eigenvalue weighted by atomic mass is 9.81. The van der Waals surface area contributed by atoms with Gasteiger partial charge < -0.3 is 23.7 Å². The summed E-state index contributed by atoms with van der Waals surface area (Å²) in [5, 5.41) is 0. The first-order valence-corrected chi connectivity index (χ1v) is 9.71. The number of Topliss-reactive ketones (excluding diaryl/α,β-unsaturated/α-hetero) is 1. The van der Waals surface area contributed by atoms with Gasteiger partial charge in [-0.1, -0.05) is 0 Å². The molecule has 0 N–H and O–H groups in total. The molecule has 0 aromatic heterocycles. The maximum atomic E-state index is 13.5. The molecule has 2 atom stereocenters. The highest BCUT2D eigenvalue weighted by Gasteiger charge is 2.45. The van der Waals surface area contributed by atoms with Crippen LogP contribution in [0, 0.1) is 0 Å². The quantitative estimate of drug-likeness (QED) is 0.750. The molecular weight excluding hydrogens is 390 g/mol. The molecule has 0 fully saturated rings. The van der Waals surface area contributed by atoms with Gasteiger partial charge in [-0.15, -0.1) is 0 Å². The van der Waals surface area contributed by atoms with Crippen molar-refractivity contribution in [2.24, 2.45) is 0 Å². The predicted octanol–water partition coefficient (Wildman–Crippen LogP) is 4.31. The summed E-state index contributed by atoms with van der Waals surface area (Å²) >= 11 is 0. The predicted molar refractivity (Wildman–Crippen MR) is 107 cm³/mol. The van der Waals surface area contributed by atoms with E-state index in [1.807, 2.05) is 26.0 Å². The minimum Gasteiger partial charge on any atom is -0.493 e. The zero-order valence-corrected chi connectivity index (χ0v) is 16.9. The van der Waals surface area contributed by atoms with E-state index in [9.17, 15) is 9.18 Å². The van der Waals surface area contributed by atoms with Gasteiger partial charge in [-0.3, -0.25) is 4.79 Å². The van der Waals surface area contributed by atoms with Crippen molar-refractivity contribution in [1.82, 2.24) is 0 Å². The Bertz CT molecular complexity index is 1070. The smallest absolute Gasteiger partial charge is 0.228 e. The molecule has 0 saturated carbocycles. The van der Waals surface area contributed by atoms with E-state index >= 15 is 0 Å². The van der Waals surface area contributed by atoms with Crippen LogP contribution in [-0.2, 0) is 0 Å². The van der Waals surface area contributed by atoms with Crippen molar-refractivity contribution < 1.29 is 32.9 Å². The van der Waals surface area contributed by atoms with Crippen molar-refractivity contribution in [2.75, 3.05) is 20.6 Å². The number of carbonyl (C=O) groups is 1. The molecule has 3 heterocycles. The van der Waals surface area contributed by atoms with Crippen LogP contribution in [0.5, 0.6) is 28.7 Å². The average Bonchev–Trinajstić information content (AvgIpc) is 2.72. The van der Waals surface area contributed by atoms with E-state index in [0.717, 1.165) is 5.56 Å². The molecule has 2 aromatic carbocycles. The first kappa shape index (κ1) is 18.8. The molecule has 0 aliphatic carbocycles. The van der Waals surface area contributed by atoms with Crippen molar-refractivity contribution in [3.8, 4) is 28.7 Å². The highest BCUT2D eigenvalue weighted by Crippen LogP contribution is 2.49. The molecule has 6 nitrogen and oxygen atoms in total. The molecule has 0 bridgehead atoms. The fourth-order valence-electron chi connectivity index (χ4n) is 4.21. The van der Waals surface area contributed by atoms with Crippen molar-refractivity contribution in [2.45, 2.75) is 31.5 Å². The van der Waals surface area contributed by atoms with Gasteiger partial charge in [0.1, 0.15) is 35.6 Å². The molecule has 3 aliphatic rings. The van der Waals surface area contributed by atoms with Crippen molar-refractivity contribution in [3.63, 3.8) is 0 Å². The third-order valence-electron chi connectivity index (χ3n) is 5.61. The van der Waals surface area contributed by atoms with E-state index in [2.05, 4.69) is 0 Å². The average molecular weight is 411 g/mol. The first-order valence-electron chi connectivity index (χ1n) is 9.71. The lowest BCUT2D eigenvalue weighted by Crippen LogP contribution is -2.43. The third-order valence-corrected chi connectivity index (χ3v) is 5.61. The van der Waals surface area contributed by atoms with E-state index in [0.29, 0.717) is 34.1 Å². The van der Waals surface area contributed by atoms with Gasteiger partial charge in [-0.25, -0.2) is 4.39 Å². The Morgan fingerprint density at radius 3 is 2.80 bits per heavy atom. The van der Waals surface area contributed by atoms with Crippen LogP contribution in [-0.4, -0.2) is 38.1 Å². The number of benzene rings is 2. The van der Waals surface area contributed by atoms with E-state index in [-0.39, 0.29) is 18.1 Å². The van der Waals surface area contributed by atoms with E-state index < -0.39 is 24.5 Å². The molecule has 0 amide bonds. The molecule has 30 heavy (non-hydrogen) atoms. The minimum absolute atomic E-state index is 0.0804. The third kappa shape index (κ3) is 2.80. The lowest BCUT2D eigenvalue weighted by Gasteiger charge is -2.38. The SMILES string of the molecule is COc1cc2c(cc1OC[18F])[C@@H]1C(=O)c3ccc4c(c3O[C@@H]1CO2)C=CC(C)(C)O4. The Morgan fingerprint density at radius 2 is 2.03 bits per heavy atom. The van der Waals surface area contributed by atoms with Gasteiger partial charge in [-0.05, 0) is 44.2 Å². The van der Waals surface area contributed by atoms with Crippen molar-refractivity contribution >= 4 is 11.9 Å². The Kier molecular flexibility index (Phi) is 4.17. The second-order valence-corrected chi connectivity index (χ2v) is 8.00. The molecule has 7 heteroatoms. The normalized spacial score (nSPS) is 22.3. The first-order chi connectivity index (χ1) is 14.4. The van der Waals surface area contributed by atoms with E-state index in [1.54, 1.807) is 24.3 Å². The molecule has 0 spiro atoms. The monoisotopic (exact) mass is 411 g/mol. The van der Waals surface area contributed by atoms with Gasteiger partial charge >= 0.3 is 0 Å².